The number of amides is 2. The van der Waals surface area contributed by atoms with Crippen LogP contribution in [-0.4, -0.2) is 52.8 Å². The number of carbonyl (C=O) groups excluding carboxylic acids is 2. The lowest BCUT2D eigenvalue weighted by molar-refractivity contribution is -0.132. The first-order valence-corrected chi connectivity index (χ1v) is 9.20. The Kier molecular flexibility index (Phi) is 5.27. The monoisotopic (exact) mass is 336 g/mol. The van der Waals surface area contributed by atoms with Crippen molar-refractivity contribution in [2.45, 2.75) is 45.6 Å². The molecule has 1 aromatic heterocycles. The Morgan fingerprint density at radius 3 is 2.61 bits per heavy atom. The number of hydrogen-bond donors (Lipinski definition) is 1. The number of nitrogens with zero attached hydrogens (tertiary/aromatic N) is 3. The molecule has 23 heavy (non-hydrogen) atoms. The van der Waals surface area contributed by atoms with Crippen molar-refractivity contribution in [2.75, 3.05) is 31.5 Å². The molecule has 0 unspecified atom stereocenters. The van der Waals surface area contributed by atoms with Gasteiger partial charge in [-0.2, -0.15) is 0 Å². The first-order chi connectivity index (χ1) is 11.1. The smallest absolute Gasteiger partial charge is 0.236 e. The van der Waals surface area contributed by atoms with Crippen molar-refractivity contribution in [1.82, 2.24) is 14.8 Å². The molecule has 1 fully saturated rings. The molecule has 2 amide bonds. The maximum Gasteiger partial charge on any atom is 0.236 e. The van der Waals surface area contributed by atoms with E-state index in [2.05, 4.69) is 15.2 Å². The highest BCUT2D eigenvalue weighted by Gasteiger charge is 2.24. The third-order valence-corrected chi connectivity index (χ3v) is 5.41. The van der Waals surface area contributed by atoms with Crippen LogP contribution in [0.4, 0.5) is 5.13 Å². The second-order valence-corrected chi connectivity index (χ2v) is 7.41. The van der Waals surface area contributed by atoms with Crippen LogP contribution in [0.1, 0.15) is 43.2 Å². The van der Waals surface area contributed by atoms with Crippen LogP contribution in [-0.2, 0) is 22.6 Å². The van der Waals surface area contributed by atoms with Crippen molar-refractivity contribution in [3.63, 3.8) is 0 Å². The molecule has 2 aliphatic heterocycles. The zero-order valence-electron chi connectivity index (χ0n) is 13.6. The average Bonchev–Trinajstić information content (AvgIpc) is 2.72. The van der Waals surface area contributed by atoms with E-state index in [1.54, 1.807) is 0 Å². The van der Waals surface area contributed by atoms with Gasteiger partial charge >= 0.3 is 0 Å². The largest absolute Gasteiger partial charge is 0.342 e. The van der Waals surface area contributed by atoms with Gasteiger partial charge in [0.05, 0.1) is 12.2 Å². The summed E-state index contributed by atoms with van der Waals surface area (Å²) in [5.41, 5.74) is 1.07. The molecule has 1 saturated heterocycles. The van der Waals surface area contributed by atoms with Gasteiger partial charge in [0.1, 0.15) is 0 Å². The molecule has 6 nitrogen and oxygen atoms in total. The van der Waals surface area contributed by atoms with Crippen LogP contribution in [0.15, 0.2) is 0 Å². The summed E-state index contributed by atoms with van der Waals surface area (Å²) < 4.78 is 0. The van der Waals surface area contributed by atoms with Crippen molar-refractivity contribution >= 4 is 28.3 Å². The minimum Gasteiger partial charge on any atom is -0.342 e. The number of hydrogen-bond acceptors (Lipinski definition) is 5. The van der Waals surface area contributed by atoms with Crippen molar-refractivity contribution in [2.24, 2.45) is 0 Å². The van der Waals surface area contributed by atoms with Crippen molar-refractivity contribution in [3.8, 4) is 0 Å². The Labute approximate surface area is 140 Å². The Balaban J connectivity index is 1.57. The molecular formula is C16H24N4O2S. The van der Waals surface area contributed by atoms with Gasteiger partial charge in [0.25, 0.3) is 0 Å². The van der Waals surface area contributed by atoms with E-state index in [-0.39, 0.29) is 11.8 Å². The quantitative estimate of drug-likeness (QED) is 0.915. The van der Waals surface area contributed by atoms with E-state index < -0.39 is 0 Å². The summed E-state index contributed by atoms with van der Waals surface area (Å²) >= 11 is 1.52. The second kappa shape index (κ2) is 7.40. The number of aromatic nitrogens is 1. The van der Waals surface area contributed by atoms with Crippen LogP contribution >= 0.6 is 11.3 Å². The molecule has 0 bridgehead atoms. The number of fused-ring (bicyclic) bond motifs is 1. The summed E-state index contributed by atoms with van der Waals surface area (Å²) in [6, 6.07) is 0. The highest BCUT2D eigenvalue weighted by atomic mass is 32.1. The second-order valence-electron chi connectivity index (χ2n) is 6.33. The highest BCUT2D eigenvalue weighted by molar-refractivity contribution is 7.15. The Bertz CT molecular complexity index is 579. The van der Waals surface area contributed by atoms with Crippen molar-refractivity contribution < 1.29 is 9.59 Å². The molecule has 0 atom stereocenters. The topological polar surface area (TPSA) is 65.5 Å². The number of anilines is 1. The fraction of sp³-hybridized carbons (Fsp3) is 0.688. The van der Waals surface area contributed by atoms with Crippen LogP contribution < -0.4 is 5.32 Å². The number of thiazole rings is 1. The molecule has 126 valence electrons. The number of rotatable bonds is 3. The maximum atomic E-state index is 12.5. The summed E-state index contributed by atoms with van der Waals surface area (Å²) in [5.74, 6) is 0.159. The molecule has 2 aliphatic rings. The van der Waals surface area contributed by atoms with Gasteiger partial charge in [-0.1, -0.05) is 12.8 Å². The zero-order valence-corrected chi connectivity index (χ0v) is 14.5. The van der Waals surface area contributed by atoms with Gasteiger partial charge in [0, 0.05) is 44.4 Å². The Hall–Kier alpha value is -1.47. The summed E-state index contributed by atoms with van der Waals surface area (Å²) in [6.07, 6.45) is 5.58. The summed E-state index contributed by atoms with van der Waals surface area (Å²) in [7, 11) is 0. The molecule has 0 aromatic carbocycles. The SMILES string of the molecule is CC(=O)Nc1nc2c(s1)CN(CC(=O)N1CCCCCC1)CC2. The third kappa shape index (κ3) is 4.29. The molecule has 1 N–H and O–H groups in total. The van der Waals surface area contributed by atoms with E-state index in [0.717, 1.165) is 51.1 Å². The fourth-order valence-corrected chi connectivity index (χ4v) is 4.30. The van der Waals surface area contributed by atoms with Crippen LogP contribution in [0, 0.1) is 0 Å². The number of nitrogens with one attached hydrogen (secondary N) is 1. The van der Waals surface area contributed by atoms with Crippen molar-refractivity contribution in [3.05, 3.63) is 10.6 Å². The van der Waals surface area contributed by atoms with E-state index >= 15 is 0 Å². The fourth-order valence-electron chi connectivity index (χ4n) is 3.20. The van der Waals surface area contributed by atoms with Gasteiger partial charge in [-0.25, -0.2) is 4.98 Å². The van der Waals surface area contributed by atoms with Gasteiger partial charge in [-0.3, -0.25) is 14.5 Å². The van der Waals surface area contributed by atoms with Gasteiger partial charge < -0.3 is 10.2 Å². The Morgan fingerprint density at radius 2 is 1.91 bits per heavy atom. The summed E-state index contributed by atoms with van der Waals surface area (Å²) in [5, 5.41) is 3.42. The minimum absolute atomic E-state index is 0.0932. The van der Waals surface area contributed by atoms with E-state index in [1.165, 1.54) is 36.0 Å². The van der Waals surface area contributed by atoms with Crippen LogP contribution in [0.5, 0.6) is 0 Å². The molecule has 0 spiro atoms. The number of carbonyl (C=O) groups is 2. The van der Waals surface area contributed by atoms with Gasteiger partial charge in [0.2, 0.25) is 11.8 Å². The van der Waals surface area contributed by atoms with E-state index in [1.807, 2.05) is 4.90 Å². The molecule has 0 aliphatic carbocycles. The summed E-state index contributed by atoms with van der Waals surface area (Å²) in [4.78, 5) is 33.5. The van der Waals surface area contributed by atoms with Gasteiger partial charge in [-0.15, -0.1) is 11.3 Å². The zero-order chi connectivity index (χ0) is 16.2. The lowest BCUT2D eigenvalue weighted by Gasteiger charge is -2.28. The first kappa shape index (κ1) is 16.4. The Morgan fingerprint density at radius 1 is 1.17 bits per heavy atom. The van der Waals surface area contributed by atoms with Gasteiger partial charge in [0.15, 0.2) is 5.13 Å². The highest BCUT2D eigenvalue weighted by Crippen LogP contribution is 2.28. The molecule has 1 aromatic rings. The molecule has 3 heterocycles. The molecular weight excluding hydrogens is 312 g/mol. The summed E-state index contributed by atoms with van der Waals surface area (Å²) in [6.45, 7) is 5.41. The number of likely N-dealkylation sites (tertiary alicyclic amines) is 1. The maximum absolute atomic E-state index is 12.5. The van der Waals surface area contributed by atoms with Crippen molar-refractivity contribution in [1.29, 1.82) is 0 Å². The van der Waals surface area contributed by atoms with Crippen LogP contribution in [0.2, 0.25) is 0 Å². The predicted octanol–water partition coefficient (Wildman–Crippen LogP) is 1.86. The van der Waals surface area contributed by atoms with Crippen LogP contribution in [0.25, 0.3) is 0 Å². The van der Waals surface area contributed by atoms with E-state index in [0.29, 0.717) is 11.7 Å². The molecule has 7 heteroatoms. The van der Waals surface area contributed by atoms with Gasteiger partial charge in [-0.05, 0) is 12.8 Å². The first-order valence-electron chi connectivity index (χ1n) is 8.38. The third-order valence-electron chi connectivity index (χ3n) is 4.41. The molecule has 3 rings (SSSR count). The molecule has 0 saturated carbocycles. The lowest BCUT2D eigenvalue weighted by Crippen LogP contribution is -2.42. The lowest BCUT2D eigenvalue weighted by atomic mass is 10.2. The standard InChI is InChI=1S/C16H24N4O2S/c1-12(21)17-16-18-13-6-9-19(10-14(13)23-16)11-15(22)20-7-4-2-3-5-8-20/h2-11H2,1H3,(H,17,18,21). The minimum atomic E-state index is -0.0932. The van der Waals surface area contributed by atoms with Crippen LogP contribution in [0.3, 0.4) is 0 Å². The predicted molar refractivity (Wildman–Crippen MR) is 90.4 cm³/mol. The van der Waals surface area contributed by atoms with E-state index in [4.69, 9.17) is 0 Å². The molecule has 0 radical (unpaired) electrons. The normalized spacial score (nSPS) is 19.1. The van der Waals surface area contributed by atoms with E-state index in [9.17, 15) is 9.59 Å². The average molecular weight is 336 g/mol.